The van der Waals surface area contributed by atoms with Crippen LogP contribution in [0.2, 0.25) is 0 Å². The first-order chi connectivity index (χ1) is 14.9. The molecule has 0 saturated carbocycles. The topological polar surface area (TPSA) is 101 Å². The van der Waals surface area contributed by atoms with E-state index in [1.807, 2.05) is 0 Å². The molecule has 8 nitrogen and oxygen atoms in total. The number of nitrogens with zero attached hydrogens (tertiary/aromatic N) is 1. The predicted molar refractivity (Wildman–Crippen MR) is 114 cm³/mol. The molecule has 0 N–H and O–H groups in total. The van der Waals surface area contributed by atoms with Crippen LogP contribution in [0.25, 0.3) is 6.08 Å². The van der Waals surface area contributed by atoms with Gasteiger partial charge in [0.2, 0.25) is 0 Å². The number of benzene rings is 2. The van der Waals surface area contributed by atoms with Gasteiger partial charge in [0.1, 0.15) is 23.9 Å². The van der Waals surface area contributed by atoms with E-state index in [4.69, 9.17) is 18.6 Å². The Morgan fingerprint density at radius 1 is 1.06 bits per heavy atom. The molecular formula is C23H21NO7. The molecule has 3 rings (SSSR count). The van der Waals surface area contributed by atoms with Gasteiger partial charge in [-0.15, -0.1) is 0 Å². The van der Waals surface area contributed by atoms with Crippen molar-refractivity contribution in [3.63, 3.8) is 0 Å². The zero-order valence-corrected chi connectivity index (χ0v) is 17.3. The molecule has 1 aromatic heterocycles. The van der Waals surface area contributed by atoms with Crippen LogP contribution in [0.1, 0.15) is 27.4 Å². The average molecular weight is 423 g/mol. The Kier molecular flexibility index (Phi) is 6.71. The van der Waals surface area contributed by atoms with E-state index < -0.39 is 4.92 Å². The van der Waals surface area contributed by atoms with Gasteiger partial charge in [-0.2, -0.15) is 0 Å². The molecule has 8 heteroatoms. The van der Waals surface area contributed by atoms with Crippen molar-refractivity contribution in [3.05, 3.63) is 87.4 Å². The Bertz CT molecular complexity index is 1130. The lowest BCUT2D eigenvalue weighted by Gasteiger charge is -2.07. The summed E-state index contributed by atoms with van der Waals surface area (Å²) in [6.07, 6.45) is 2.98. The summed E-state index contributed by atoms with van der Waals surface area (Å²) in [6.45, 7) is 1.80. The van der Waals surface area contributed by atoms with Gasteiger partial charge in [-0.05, 0) is 61.5 Å². The smallest absolute Gasteiger partial charge is 0.272 e. The third kappa shape index (κ3) is 5.30. The number of methoxy groups -OCH3 is 2. The average Bonchev–Trinajstić information content (AvgIpc) is 3.23. The maximum Gasteiger partial charge on any atom is 0.272 e. The number of carbonyl (C=O) groups is 1. The Hall–Kier alpha value is -4.07. The number of furan rings is 1. The molecule has 2 aromatic carbocycles. The molecule has 0 unspecified atom stereocenters. The van der Waals surface area contributed by atoms with Crippen LogP contribution in [0.5, 0.6) is 17.2 Å². The summed E-state index contributed by atoms with van der Waals surface area (Å²) in [5.74, 6) is 2.35. The van der Waals surface area contributed by atoms with Crippen molar-refractivity contribution in [3.8, 4) is 17.2 Å². The molecule has 0 aliphatic heterocycles. The van der Waals surface area contributed by atoms with Gasteiger partial charge in [0.25, 0.3) is 5.69 Å². The van der Waals surface area contributed by atoms with Crippen LogP contribution in [0, 0.1) is 17.0 Å². The molecule has 3 aromatic rings. The zero-order valence-electron chi connectivity index (χ0n) is 17.3. The predicted octanol–water partition coefficient (Wildman–Crippen LogP) is 4.99. The summed E-state index contributed by atoms with van der Waals surface area (Å²) in [5.41, 5.74) is 1.01. The van der Waals surface area contributed by atoms with Gasteiger partial charge in [0.15, 0.2) is 17.3 Å². The molecule has 160 valence electrons. The molecule has 31 heavy (non-hydrogen) atoms. The third-order valence-electron chi connectivity index (χ3n) is 4.50. The quantitative estimate of drug-likeness (QED) is 0.207. The van der Waals surface area contributed by atoms with Crippen LogP contribution in [0.4, 0.5) is 5.69 Å². The molecule has 0 atom stereocenters. The van der Waals surface area contributed by atoms with Crippen molar-refractivity contribution >= 4 is 17.5 Å². The number of ketones is 1. The van der Waals surface area contributed by atoms with E-state index in [0.717, 1.165) is 0 Å². The fraction of sp³-hybridized carbons (Fsp3) is 0.174. The van der Waals surface area contributed by atoms with Crippen LogP contribution in [0.15, 0.2) is 59.0 Å². The number of rotatable bonds is 9. The standard InChI is InChI=1S/C23H21NO7/c1-15-12-18(7-9-20(15)24(26)27)30-14-19-6-5-17(31-19)8-10-21(25)16-4-11-22(28-2)23(13-16)29-3/h4-13H,14H2,1-3H3/b10-8+. The van der Waals surface area contributed by atoms with Gasteiger partial charge in [-0.25, -0.2) is 0 Å². The molecule has 0 radical (unpaired) electrons. The van der Waals surface area contributed by atoms with Gasteiger partial charge >= 0.3 is 0 Å². The van der Waals surface area contributed by atoms with Gasteiger partial charge in [0.05, 0.1) is 19.1 Å². The minimum Gasteiger partial charge on any atom is -0.493 e. The molecule has 0 aliphatic rings. The van der Waals surface area contributed by atoms with E-state index in [1.54, 1.807) is 49.4 Å². The second-order valence-corrected chi connectivity index (χ2v) is 6.57. The maximum atomic E-state index is 12.4. The van der Waals surface area contributed by atoms with Gasteiger partial charge < -0.3 is 18.6 Å². The van der Waals surface area contributed by atoms with E-state index in [9.17, 15) is 14.9 Å². The number of nitro groups is 1. The highest BCUT2D eigenvalue weighted by Gasteiger charge is 2.12. The molecule has 1 heterocycles. The van der Waals surface area contributed by atoms with Gasteiger partial charge in [0, 0.05) is 17.2 Å². The van der Waals surface area contributed by atoms with Crippen molar-refractivity contribution in [1.29, 1.82) is 0 Å². The number of ether oxygens (including phenoxy) is 3. The van der Waals surface area contributed by atoms with E-state index in [2.05, 4.69) is 0 Å². The van der Waals surface area contributed by atoms with Crippen LogP contribution >= 0.6 is 0 Å². The zero-order chi connectivity index (χ0) is 22.4. The second kappa shape index (κ2) is 9.62. The summed E-state index contributed by atoms with van der Waals surface area (Å²) >= 11 is 0. The minimum atomic E-state index is -0.437. The largest absolute Gasteiger partial charge is 0.493 e. The first kappa shape index (κ1) is 21.6. The fourth-order valence-corrected chi connectivity index (χ4v) is 2.88. The van der Waals surface area contributed by atoms with Gasteiger partial charge in [-0.1, -0.05) is 0 Å². The van der Waals surface area contributed by atoms with Crippen molar-refractivity contribution in [1.82, 2.24) is 0 Å². The molecular weight excluding hydrogens is 402 g/mol. The lowest BCUT2D eigenvalue weighted by atomic mass is 10.1. The van der Waals surface area contributed by atoms with Crippen LogP contribution < -0.4 is 14.2 Å². The van der Waals surface area contributed by atoms with Gasteiger partial charge in [-0.3, -0.25) is 14.9 Å². The molecule has 0 aliphatic carbocycles. The molecule has 0 fully saturated rings. The number of hydrogen-bond acceptors (Lipinski definition) is 7. The first-order valence-electron chi connectivity index (χ1n) is 9.32. The maximum absolute atomic E-state index is 12.4. The molecule has 0 amide bonds. The fourth-order valence-electron chi connectivity index (χ4n) is 2.88. The number of aryl methyl sites for hydroxylation is 1. The molecule has 0 saturated heterocycles. The number of nitro benzene ring substituents is 1. The van der Waals surface area contributed by atoms with Crippen LogP contribution in [-0.2, 0) is 6.61 Å². The Morgan fingerprint density at radius 2 is 1.84 bits per heavy atom. The van der Waals surface area contributed by atoms with E-state index >= 15 is 0 Å². The lowest BCUT2D eigenvalue weighted by Crippen LogP contribution is -1.97. The van der Waals surface area contributed by atoms with Crippen molar-refractivity contribution < 1.29 is 28.3 Å². The lowest BCUT2D eigenvalue weighted by molar-refractivity contribution is -0.385. The molecule has 0 bridgehead atoms. The number of allylic oxidation sites excluding steroid dienone is 1. The molecule has 0 spiro atoms. The van der Waals surface area contributed by atoms with E-state index in [-0.39, 0.29) is 18.1 Å². The third-order valence-corrected chi connectivity index (χ3v) is 4.50. The monoisotopic (exact) mass is 423 g/mol. The summed E-state index contributed by atoms with van der Waals surface area (Å²) in [4.78, 5) is 22.9. The number of hydrogen-bond donors (Lipinski definition) is 0. The summed E-state index contributed by atoms with van der Waals surface area (Å²) < 4.78 is 21.7. The SMILES string of the molecule is COc1ccc(C(=O)/C=C/c2ccc(COc3ccc([N+](=O)[O-])c(C)c3)o2)cc1OC. The number of carbonyl (C=O) groups excluding carboxylic acids is 1. The highest BCUT2D eigenvalue weighted by molar-refractivity contribution is 6.07. The summed E-state index contributed by atoms with van der Waals surface area (Å²) in [5, 5.41) is 10.9. The normalized spacial score (nSPS) is 10.8. The second-order valence-electron chi connectivity index (χ2n) is 6.57. The Morgan fingerprint density at radius 3 is 2.52 bits per heavy atom. The Balaban J connectivity index is 1.62. The summed E-state index contributed by atoms with van der Waals surface area (Å²) in [7, 11) is 3.03. The highest BCUT2D eigenvalue weighted by atomic mass is 16.6. The summed E-state index contributed by atoms with van der Waals surface area (Å²) in [6, 6.07) is 12.9. The van der Waals surface area contributed by atoms with Crippen molar-refractivity contribution in [2.24, 2.45) is 0 Å². The minimum absolute atomic E-state index is 0.0388. The Labute approximate surface area is 178 Å². The van der Waals surface area contributed by atoms with Crippen LogP contribution in [0.3, 0.4) is 0 Å². The van der Waals surface area contributed by atoms with Crippen LogP contribution in [-0.4, -0.2) is 24.9 Å². The highest BCUT2D eigenvalue weighted by Crippen LogP contribution is 2.28. The van der Waals surface area contributed by atoms with E-state index in [0.29, 0.717) is 39.9 Å². The van der Waals surface area contributed by atoms with Crippen molar-refractivity contribution in [2.45, 2.75) is 13.5 Å². The van der Waals surface area contributed by atoms with Crippen molar-refractivity contribution in [2.75, 3.05) is 14.2 Å². The first-order valence-corrected chi connectivity index (χ1v) is 9.32. The van der Waals surface area contributed by atoms with E-state index in [1.165, 1.54) is 32.4 Å².